The maximum atomic E-state index is 3.67. The van der Waals surface area contributed by atoms with Crippen LogP contribution in [0.1, 0.15) is 0 Å². The van der Waals surface area contributed by atoms with E-state index in [1.165, 1.54) is 0 Å². The maximum absolute atomic E-state index is 3.67. The zero-order chi connectivity index (χ0) is 6.69. The molecule has 52 valence electrons. The Labute approximate surface area is 55.7 Å². The predicted molar refractivity (Wildman–Crippen MR) is 37.8 cm³/mol. The first-order chi connectivity index (χ1) is 4.38. The Bertz CT molecular complexity index is 98.5. The van der Waals surface area contributed by atoms with E-state index in [0.29, 0.717) is 6.04 Å². The molecule has 0 atom stereocenters. The molecule has 0 aliphatic carbocycles. The van der Waals surface area contributed by atoms with Gasteiger partial charge in [0.25, 0.3) is 0 Å². The molecule has 1 heterocycles. The van der Waals surface area contributed by atoms with E-state index in [2.05, 4.69) is 17.3 Å². The van der Waals surface area contributed by atoms with Gasteiger partial charge in [-0.25, -0.2) is 5.43 Å². The summed E-state index contributed by atoms with van der Waals surface area (Å²) in [6, 6.07) is 0.604. The molecule has 1 aliphatic rings. The van der Waals surface area contributed by atoms with Crippen LogP contribution < -0.4 is 10.7 Å². The summed E-state index contributed by atoms with van der Waals surface area (Å²) in [7, 11) is 1.90. The summed E-state index contributed by atoms with van der Waals surface area (Å²) in [6.07, 6.45) is 1.81. The highest BCUT2D eigenvalue weighted by atomic mass is 15.5. The molecule has 0 bridgehead atoms. The van der Waals surface area contributed by atoms with Gasteiger partial charge in [-0.15, -0.1) is 0 Å². The van der Waals surface area contributed by atoms with Crippen molar-refractivity contribution in [1.82, 2.24) is 15.8 Å². The summed E-state index contributed by atoms with van der Waals surface area (Å²) >= 11 is 0. The number of hydrogen-bond donors (Lipinski definition) is 2. The molecule has 0 aromatic carbocycles. The van der Waals surface area contributed by atoms with Gasteiger partial charge in [-0.1, -0.05) is 6.58 Å². The van der Waals surface area contributed by atoms with Crippen LogP contribution in [0, 0.1) is 0 Å². The van der Waals surface area contributed by atoms with Crippen LogP contribution in [-0.2, 0) is 0 Å². The molecule has 0 aromatic heterocycles. The van der Waals surface area contributed by atoms with Crippen molar-refractivity contribution in [2.45, 2.75) is 6.04 Å². The van der Waals surface area contributed by atoms with Gasteiger partial charge in [0.15, 0.2) is 0 Å². The zero-order valence-corrected chi connectivity index (χ0v) is 5.72. The highest BCUT2D eigenvalue weighted by Crippen LogP contribution is 1.99. The first-order valence-corrected chi connectivity index (χ1v) is 3.17. The molecular formula is C6H13N3. The molecule has 1 rings (SSSR count). The molecule has 0 spiro atoms. The fourth-order valence-corrected chi connectivity index (χ4v) is 0.893. The molecule has 1 saturated heterocycles. The third-order valence-electron chi connectivity index (χ3n) is 1.61. The lowest BCUT2D eigenvalue weighted by Gasteiger charge is -2.36. The Balaban J connectivity index is 2.27. The van der Waals surface area contributed by atoms with Crippen LogP contribution in [0.4, 0.5) is 0 Å². The van der Waals surface area contributed by atoms with Crippen molar-refractivity contribution in [2.24, 2.45) is 0 Å². The van der Waals surface area contributed by atoms with Crippen molar-refractivity contribution in [3.8, 4) is 0 Å². The van der Waals surface area contributed by atoms with Crippen molar-refractivity contribution >= 4 is 0 Å². The van der Waals surface area contributed by atoms with Gasteiger partial charge in [-0.3, -0.25) is 0 Å². The average Bonchev–Trinajstić information content (AvgIpc) is 1.78. The van der Waals surface area contributed by atoms with Crippen molar-refractivity contribution in [2.75, 3.05) is 20.1 Å². The van der Waals surface area contributed by atoms with Crippen molar-refractivity contribution < 1.29 is 0 Å². The first kappa shape index (κ1) is 6.58. The molecule has 2 N–H and O–H groups in total. The molecule has 1 aliphatic heterocycles. The van der Waals surface area contributed by atoms with Crippen LogP contribution in [0.5, 0.6) is 0 Å². The van der Waals surface area contributed by atoms with Gasteiger partial charge in [0, 0.05) is 26.3 Å². The van der Waals surface area contributed by atoms with Gasteiger partial charge < -0.3 is 10.3 Å². The fourth-order valence-electron chi connectivity index (χ4n) is 0.893. The van der Waals surface area contributed by atoms with Gasteiger partial charge in [0.1, 0.15) is 0 Å². The second-order valence-corrected chi connectivity index (χ2v) is 2.13. The third kappa shape index (κ3) is 1.23. The minimum atomic E-state index is 0.604. The summed E-state index contributed by atoms with van der Waals surface area (Å²) < 4.78 is 0. The largest absolute Gasteiger partial charge is 0.312 e. The highest BCUT2D eigenvalue weighted by molar-refractivity contribution is 4.86. The normalized spacial score (nSPS) is 18.8. The Morgan fingerprint density at radius 3 is 2.56 bits per heavy atom. The Hall–Kier alpha value is -0.540. The maximum Gasteiger partial charge on any atom is 0.0696 e. The van der Waals surface area contributed by atoms with E-state index in [1.807, 2.05) is 18.3 Å². The number of nitrogens with one attached hydrogen (secondary N) is 2. The minimum Gasteiger partial charge on any atom is -0.312 e. The lowest BCUT2D eigenvalue weighted by Crippen LogP contribution is -2.58. The molecule has 0 amide bonds. The van der Waals surface area contributed by atoms with Crippen LogP contribution in [0.3, 0.4) is 0 Å². The summed E-state index contributed by atoms with van der Waals surface area (Å²) in [5.41, 5.74) is 3.03. The summed E-state index contributed by atoms with van der Waals surface area (Å²) in [4.78, 5) is 0. The molecule has 1 fully saturated rings. The summed E-state index contributed by atoms with van der Waals surface area (Å²) in [6.45, 7) is 5.80. The zero-order valence-electron chi connectivity index (χ0n) is 5.72. The molecular weight excluding hydrogens is 114 g/mol. The Morgan fingerprint density at radius 1 is 1.78 bits per heavy atom. The number of nitrogens with zero attached hydrogens (tertiary/aromatic N) is 1. The van der Waals surface area contributed by atoms with E-state index in [0.717, 1.165) is 13.1 Å². The van der Waals surface area contributed by atoms with E-state index in [-0.39, 0.29) is 0 Å². The van der Waals surface area contributed by atoms with E-state index in [4.69, 9.17) is 0 Å². The molecule has 0 unspecified atom stereocenters. The number of hydrogen-bond acceptors (Lipinski definition) is 3. The van der Waals surface area contributed by atoms with Crippen molar-refractivity contribution in [3.05, 3.63) is 12.8 Å². The topological polar surface area (TPSA) is 27.3 Å². The van der Waals surface area contributed by atoms with E-state index in [9.17, 15) is 0 Å². The second kappa shape index (κ2) is 2.85. The molecule has 3 nitrogen and oxygen atoms in total. The summed E-state index contributed by atoms with van der Waals surface area (Å²) in [5, 5.41) is 5.19. The SMILES string of the molecule is C=CN(NC)C1CNC1. The van der Waals surface area contributed by atoms with Crippen molar-refractivity contribution in [1.29, 1.82) is 0 Å². The second-order valence-electron chi connectivity index (χ2n) is 2.13. The standard InChI is InChI=1S/C6H13N3/c1-3-9(7-2)6-4-8-5-6/h3,6-8H,1,4-5H2,2H3. The fraction of sp³-hybridized carbons (Fsp3) is 0.667. The van der Waals surface area contributed by atoms with Gasteiger partial charge in [-0.05, 0) is 0 Å². The van der Waals surface area contributed by atoms with Crippen molar-refractivity contribution in [3.63, 3.8) is 0 Å². The highest BCUT2D eigenvalue weighted by Gasteiger charge is 2.20. The predicted octanol–water partition coefficient (Wildman–Crippen LogP) is -0.462. The third-order valence-corrected chi connectivity index (χ3v) is 1.61. The molecule has 3 heteroatoms. The van der Waals surface area contributed by atoms with E-state index < -0.39 is 0 Å². The lowest BCUT2D eigenvalue weighted by molar-refractivity contribution is 0.159. The molecule has 9 heavy (non-hydrogen) atoms. The summed E-state index contributed by atoms with van der Waals surface area (Å²) in [5.74, 6) is 0. The van der Waals surface area contributed by atoms with Crippen LogP contribution in [0.15, 0.2) is 12.8 Å². The number of hydrazine groups is 1. The van der Waals surface area contributed by atoms with E-state index >= 15 is 0 Å². The first-order valence-electron chi connectivity index (χ1n) is 3.17. The van der Waals surface area contributed by atoms with Crippen LogP contribution in [0.25, 0.3) is 0 Å². The van der Waals surface area contributed by atoms with Crippen LogP contribution >= 0.6 is 0 Å². The van der Waals surface area contributed by atoms with E-state index in [1.54, 1.807) is 0 Å². The lowest BCUT2D eigenvalue weighted by atomic mass is 10.2. The Kier molecular flexibility index (Phi) is 2.08. The van der Waals surface area contributed by atoms with Crippen LogP contribution in [-0.4, -0.2) is 31.2 Å². The number of rotatable bonds is 3. The van der Waals surface area contributed by atoms with Gasteiger partial charge in [0.05, 0.1) is 6.04 Å². The van der Waals surface area contributed by atoms with Gasteiger partial charge in [0.2, 0.25) is 0 Å². The molecule has 0 aromatic rings. The Morgan fingerprint density at radius 2 is 2.44 bits per heavy atom. The molecule has 0 radical (unpaired) electrons. The van der Waals surface area contributed by atoms with Gasteiger partial charge in [-0.2, -0.15) is 0 Å². The monoisotopic (exact) mass is 127 g/mol. The smallest absolute Gasteiger partial charge is 0.0696 e. The minimum absolute atomic E-state index is 0.604. The average molecular weight is 127 g/mol. The quantitative estimate of drug-likeness (QED) is 0.502. The van der Waals surface area contributed by atoms with Crippen LogP contribution in [0.2, 0.25) is 0 Å². The van der Waals surface area contributed by atoms with Gasteiger partial charge >= 0.3 is 0 Å². The molecule has 0 saturated carbocycles.